The Balaban J connectivity index is 1.54. The molecule has 4 heteroatoms. The Morgan fingerprint density at radius 3 is 2.56 bits per heavy atom. The number of hydrogen-bond acceptors (Lipinski definition) is 3. The maximum Gasteiger partial charge on any atom is 0.258 e. The Morgan fingerprint density at radius 2 is 1.78 bits per heavy atom. The van der Waals surface area contributed by atoms with Gasteiger partial charge in [0.05, 0.1) is 5.56 Å². The molecule has 0 spiro atoms. The van der Waals surface area contributed by atoms with Crippen molar-refractivity contribution in [2.45, 2.75) is 25.8 Å². The molecular weight excluding hydrogens is 338 g/mol. The van der Waals surface area contributed by atoms with E-state index in [0.29, 0.717) is 11.3 Å². The van der Waals surface area contributed by atoms with Gasteiger partial charge in [-0.2, -0.15) is 0 Å². The molecule has 0 aromatic heterocycles. The standard InChI is InChI=1S/C23H23NO3/c1-17(11-12-18-7-3-2-4-8-18)24-23(26)16-27-22-14-13-19-9-5-6-10-20(19)21(22)15-25/h2-10,13-15,17H,11-12,16H2,1H3,(H,24,26)/t17-/m1/s1. The molecule has 0 aliphatic carbocycles. The number of aldehydes is 1. The van der Waals surface area contributed by atoms with Crippen molar-refractivity contribution in [2.24, 2.45) is 0 Å². The van der Waals surface area contributed by atoms with Crippen LogP contribution in [-0.4, -0.2) is 24.8 Å². The molecule has 4 nitrogen and oxygen atoms in total. The van der Waals surface area contributed by atoms with Crippen LogP contribution in [0.15, 0.2) is 66.7 Å². The summed E-state index contributed by atoms with van der Waals surface area (Å²) in [7, 11) is 0. The van der Waals surface area contributed by atoms with E-state index in [2.05, 4.69) is 17.4 Å². The number of amides is 1. The molecule has 0 saturated heterocycles. The predicted molar refractivity (Wildman–Crippen MR) is 107 cm³/mol. The number of fused-ring (bicyclic) bond motifs is 1. The second kappa shape index (κ2) is 8.99. The smallest absolute Gasteiger partial charge is 0.258 e. The molecule has 3 aromatic carbocycles. The average Bonchev–Trinajstić information content (AvgIpc) is 2.71. The summed E-state index contributed by atoms with van der Waals surface area (Å²) in [5.41, 5.74) is 1.72. The summed E-state index contributed by atoms with van der Waals surface area (Å²) in [5, 5.41) is 4.73. The molecule has 138 valence electrons. The van der Waals surface area contributed by atoms with Crippen molar-refractivity contribution in [1.82, 2.24) is 5.32 Å². The second-order valence-electron chi connectivity index (χ2n) is 6.60. The van der Waals surface area contributed by atoms with Gasteiger partial charge in [-0.05, 0) is 42.2 Å². The van der Waals surface area contributed by atoms with Gasteiger partial charge in [0, 0.05) is 6.04 Å². The van der Waals surface area contributed by atoms with Crippen molar-refractivity contribution in [3.63, 3.8) is 0 Å². The van der Waals surface area contributed by atoms with Gasteiger partial charge in [0.15, 0.2) is 12.9 Å². The van der Waals surface area contributed by atoms with Crippen LogP contribution in [0.1, 0.15) is 29.3 Å². The lowest BCUT2D eigenvalue weighted by atomic mass is 10.0. The number of carbonyl (C=O) groups is 2. The highest BCUT2D eigenvalue weighted by atomic mass is 16.5. The summed E-state index contributed by atoms with van der Waals surface area (Å²) in [6, 6.07) is 21.5. The third-order valence-electron chi connectivity index (χ3n) is 4.52. The highest BCUT2D eigenvalue weighted by Gasteiger charge is 2.12. The number of hydrogen-bond donors (Lipinski definition) is 1. The number of aryl methyl sites for hydroxylation is 1. The van der Waals surface area contributed by atoms with Crippen LogP contribution in [0.3, 0.4) is 0 Å². The molecule has 0 fully saturated rings. The molecule has 0 radical (unpaired) electrons. The number of benzene rings is 3. The first-order valence-corrected chi connectivity index (χ1v) is 9.10. The van der Waals surface area contributed by atoms with Crippen LogP contribution >= 0.6 is 0 Å². The fraction of sp³-hybridized carbons (Fsp3) is 0.217. The Bertz CT molecular complexity index is 921. The van der Waals surface area contributed by atoms with Gasteiger partial charge >= 0.3 is 0 Å². The number of ether oxygens (including phenoxy) is 1. The van der Waals surface area contributed by atoms with Gasteiger partial charge < -0.3 is 10.1 Å². The zero-order valence-electron chi connectivity index (χ0n) is 15.4. The van der Waals surface area contributed by atoms with E-state index in [4.69, 9.17) is 4.74 Å². The van der Waals surface area contributed by atoms with Gasteiger partial charge in [-0.15, -0.1) is 0 Å². The van der Waals surface area contributed by atoms with Crippen LogP contribution in [0.2, 0.25) is 0 Å². The molecule has 27 heavy (non-hydrogen) atoms. The lowest BCUT2D eigenvalue weighted by Crippen LogP contribution is -2.36. The van der Waals surface area contributed by atoms with E-state index in [1.165, 1.54) is 5.56 Å². The van der Waals surface area contributed by atoms with Gasteiger partial charge in [0.2, 0.25) is 0 Å². The molecule has 3 rings (SSSR count). The molecule has 1 N–H and O–H groups in total. The highest BCUT2D eigenvalue weighted by molar-refractivity contribution is 6.00. The van der Waals surface area contributed by atoms with Crippen molar-refractivity contribution in [2.75, 3.05) is 6.61 Å². The average molecular weight is 361 g/mol. The summed E-state index contributed by atoms with van der Waals surface area (Å²) in [6.45, 7) is 1.86. The molecule has 0 aliphatic heterocycles. The van der Waals surface area contributed by atoms with Crippen LogP contribution in [0.5, 0.6) is 5.75 Å². The summed E-state index contributed by atoms with van der Waals surface area (Å²) in [5.74, 6) is 0.233. The molecule has 0 saturated carbocycles. The van der Waals surface area contributed by atoms with Gasteiger partial charge in [-0.3, -0.25) is 9.59 Å². The first-order valence-electron chi connectivity index (χ1n) is 9.10. The van der Waals surface area contributed by atoms with E-state index in [-0.39, 0.29) is 18.6 Å². The lowest BCUT2D eigenvalue weighted by Gasteiger charge is -2.15. The van der Waals surface area contributed by atoms with Crippen molar-refractivity contribution >= 4 is 23.0 Å². The first kappa shape index (κ1) is 18.6. The van der Waals surface area contributed by atoms with E-state index in [9.17, 15) is 9.59 Å². The van der Waals surface area contributed by atoms with Gasteiger partial charge in [-0.25, -0.2) is 0 Å². The topological polar surface area (TPSA) is 55.4 Å². The fourth-order valence-corrected chi connectivity index (χ4v) is 3.08. The summed E-state index contributed by atoms with van der Waals surface area (Å²) < 4.78 is 5.62. The van der Waals surface area contributed by atoms with Crippen LogP contribution in [0.4, 0.5) is 0 Å². The van der Waals surface area contributed by atoms with Gasteiger partial charge in [-0.1, -0.05) is 60.7 Å². The SMILES string of the molecule is C[C@H](CCc1ccccc1)NC(=O)COc1ccc2ccccc2c1C=O. The lowest BCUT2D eigenvalue weighted by molar-refractivity contribution is -0.123. The maximum absolute atomic E-state index is 12.2. The number of rotatable bonds is 8. The molecule has 1 atom stereocenters. The molecule has 1 amide bonds. The normalized spacial score (nSPS) is 11.7. The molecule has 0 aliphatic rings. The third-order valence-corrected chi connectivity index (χ3v) is 4.52. The highest BCUT2D eigenvalue weighted by Crippen LogP contribution is 2.26. The number of nitrogens with one attached hydrogen (secondary N) is 1. The predicted octanol–water partition coefficient (Wildman–Crippen LogP) is 4.17. The molecule has 0 unspecified atom stereocenters. The molecule has 0 bridgehead atoms. The minimum atomic E-state index is -0.194. The van der Waals surface area contributed by atoms with Crippen molar-refractivity contribution in [1.29, 1.82) is 0 Å². The van der Waals surface area contributed by atoms with Crippen molar-refractivity contribution in [3.8, 4) is 5.75 Å². The van der Waals surface area contributed by atoms with Gasteiger partial charge in [0.25, 0.3) is 5.91 Å². The van der Waals surface area contributed by atoms with Crippen molar-refractivity contribution in [3.05, 3.63) is 77.9 Å². The fourth-order valence-electron chi connectivity index (χ4n) is 3.08. The quantitative estimate of drug-likeness (QED) is 0.613. The minimum Gasteiger partial charge on any atom is -0.483 e. The van der Waals surface area contributed by atoms with E-state index in [1.807, 2.05) is 55.5 Å². The molecule has 0 heterocycles. The largest absolute Gasteiger partial charge is 0.483 e. The molecule has 3 aromatic rings. The monoisotopic (exact) mass is 361 g/mol. The third kappa shape index (κ3) is 4.94. The van der Waals surface area contributed by atoms with Gasteiger partial charge in [0.1, 0.15) is 5.75 Å². The zero-order chi connectivity index (χ0) is 19.1. The van der Waals surface area contributed by atoms with E-state index in [1.54, 1.807) is 6.07 Å². The minimum absolute atomic E-state index is 0.0449. The Labute approximate surface area is 159 Å². The Kier molecular flexibility index (Phi) is 6.21. The van der Waals surface area contributed by atoms with Crippen LogP contribution in [0.25, 0.3) is 10.8 Å². The van der Waals surface area contributed by atoms with Crippen LogP contribution < -0.4 is 10.1 Å². The van der Waals surface area contributed by atoms with Crippen molar-refractivity contribution < 1.29 is 14.3 Å². The van der Waals surface area contributed by atoms with Crippen LogP contribution in [-0.2, 0) is 11.2 Å². The Hall–Kier alpha value is -3.14. The maximum atomic E-state index is 12.2. The van der Waals surface area contributed by atoms with Crippen LogP contribution in [0, 0.1) is 0 Å². The second-order valence-corrected chi connectivity index (χ2v) is 6.60. The summed E-state index contributed by atoms with van der Waals surface area (Å²) in [4.78, 5) is 23.7. The Morgan fingerprint density at radius 1 is 1.04 bits per heavy atom. The van der Waals surface area contributed by atoms with E-state index >= 15 is 0 Å². The van der Waals surface area contributed by atoms with E-state index < -0.39 is 0 Å². The first-order chi connectivity index (χ1) is 13.2. The summed E-state index contributed by atoms with van der Waals surface area (Å²) in [6.07, 6.45) is 2.53. The molecular formula is C23H23NO3. The number of carbonyl (C=O) groups excluding carboxylic acids is 2. The zero-order valence-corrected chi connectivity index (χ0v) is 15.4. The van der Waals surface area contributed by atoms with E-state index in [0.717, 1.165) is 29.9 Å². The summed E-state index contributed by atoms with van der Waals surface area (Å²) >= 11 is 0.